The van der Waals surface area contributed by atoms with Crippen molar-refractivity contribution in [1.82, 2.24) is 4.53 Å². The molecule has 2 rings (SSSR count). The van der Waals surface area contributed by atoms with Crippen molar-refractivity contribution >= 4 is 10.0 Å². The van der Waals surface area contributed by atoms with E-state index in [1.807, 2.05) is 30.3 Å². The van der Waals surface area contributed by atoms with Crippen LogP contribution < -0.4 is 0 Å². The van der Waals surface area contributed by atoms with Gasteiger partial charge >= 0.3 is 0 Å². The zero-order valence-corrected chi connectivity index (χ0v) is 12.5. The molecule has 0 aliphatic heterocycles. The molecule has 0 aliphatic rings. The summed E-state index contributed by atoms with van der Waals surface area (Å²) in [7, 11) is -4.02. The number of rotatable bonds is 7. The summed E-state index contributed by atoms with van der Waals surface area (Å²) in [5.74, 6) is 0. The van der Waals surface area contributed by atoms with Crippen LogP contribution in [0.2, 0.25) is 0 Å². The highest BCUT2D eigenvalue weighted by Crippen LogP contribution is 2.16. The number of aryl methyl sites for hydroxylation is 1. The van der Waals surface area contributed by atoms with Crippen molar-refractivity contribution < 1.29 is 12.9 Å². The van der Waals surface area contributed by atoms with Gasteiger partial charge in [0, 0.05) is 6.54 Å². The van der Waals surface area contributed by atoms with Gasteiger partial charge in [-0.25, -0.2) is 8.42 Å². The van der Waals surface area contributed by atoms with Crippen molar-refractivity contribution in [3.63, 3.8) is 0 Å². The average Bonchev–Trinajstić information content (AvgIpc) is 2.53. The quantitative estimate of drug-likeness (QED) is 0.579. The first-order valence-corrected chi connectivity index (χ1v) is 8.32. The fourth-order valence-electron chi connectivity index (χ4n) is 2.04. The summed E-state index contributed by atoms with van der Waals surface area (Å²) >= 11 is 0. The van der Waals surface area contributed by atoms with E-state index in [1.165, 1.54) is 17.7 Å². The van der Waals surface area contributed by atoms with Gasteiger partial charge in [-0.15, -0.1) is 4.48 Å². The third-order valence-electron chi connectivity index (χ3n) is 3.19. The van der Waals surface area contributed by atoms with Gasteiger partial charge < -0.3 is 0 Å². The number of unbranched alkanes of at least 4 members (excludes halogenated alkanes) is 1. The minimum Gasteiger partial charge on any atom is -0.205 e. The topological polar surface area (TPSA) is 37.4 Å². The van der Waals surface area contributed by atoms with E-state index >= 15 is 0 Å². The summed E-state index contributed by atoms with van der Waals surface area (Å²) in [6.45, 7) is -0.121. The largest absolute Gasteiger partial charge is 0.269 e. The molecule has 21 heavy (non-hydrogen) atoms. The van der Waals surface area contributed by atoms with E-state index in [0.29, 0.717) is 6.42 Å². The van der Waals surface area contributed by atoms with Crippen LogP contribution in [0.1, 0.15) is 18.4 Å². The molecule has 3 nitrogen and oxygen atoms in total. The average molecular weight is 307 g/mol. The second-order valence-electron chi connectivity index (χ2n) is 4.77. The Morgan fingerprint density at radius 1 is 0.857 bits per heavy atom. The maximum atomic E-state index is 13.8. The maximum absolute atomic E-state index is 13.8. The Morgan fingerprint density at radius 3 is 2.05 bits per heavy atom. The van der Waals surface area contributed by atoms with Gasteiger partial charge in [0.2, 0.25) is 0 Å². The highest BCUT2D eigenvalue weighted by atomic mass is 32.2. The van der Waals surface area contributed by atoms with E-state index in [-0.39, 0.29) is 16.0 Å². The number of benzene rings is 2. The normalized spacial score (nSPS) is 11.7. The fraction of sp³-hybridized carbons (Fsp3) is 0.250. The SMILES string of the molecule is O=S(=O)(c1ccccc1)N(F)CCCCc1ccccc1. The molecule has 0 saturated heterocycles. The summed E-state index contributed by atoms with van der Waals surface area (Å²) in [5, 5.41) is 0. The van der Waals surface area contributed by atoms with E-state index < -0.39 is 10.0 Å². The molecule has 0 atom stereocenters. The van der Waals surface area contributed by atoms with Gasteiger partial charge in [-0.05, 0) is 41.5 Å². The van der Waals surface area contributed by atoms with E-state index in [0.717, 1.165) is 12.8 Å². The third-order valence-corrected chi connectivity index (χ3v) is 4.77. The molecule has 2 aromatic carbocycles. The first-order valence-electron chi connectivity index (χ1n) is 6.88. The van der Waals surface area contributed by atoms with Crippen LogP contribution in [0.5, 0.6) is 0 Å². The molecule has 0 aromatic heterocycles. The Bertz CT molecular complexity index is 644. The molecule has 0 aliphatic carbocycles. The molecule has 0 saturated carbocycles. The molecule has 0 radical (unpaired) electrons. The third kappa shape index (κ3) is 4.37. The molecule has 0 N–H and O–H groups in total. The molecule has 0 heterocycles. The summed E-state index contributed by atoms with van der Waals surface area (Å²) < 4.78 is 37.7. The minimum atomic E-state index is -4.02. The summed E-state index contributed by atoms with van der Waals surface area (Å²) in [4.78, 5) is -0.0180. The van der Waals surface area contributed by atoms with Crippen molar-refractivity contribution in [2.75, 3.05) is 6.54 Å². The molecule has 112 valence electrons. The zero-order valence-electron chi connectivity index (χ0n) is 11.7. The highest BCUT2D eigenvalue weighted by Gasteiger charge is 2.23. The Morgan fingerprint density at radius 2 is 1.43 bits per heavy atom. The van der Waals surface area contributed by atoms with E-state index in [9.17, 15) is 12.9 Å². The van der Waals surface area contributed by atoms with Gasteiger partial charge in [0.1, 0.15) is 0 Å². The summed E-state index contributed by atoms with van der Waals surface area (Å²) in [6, 6.07) is 17.5. The van der Waals surface area contributed by atoms with Gasteiger partial charge in [0.15, 0.2) is 0 Å². The van der Waals surface area contributed by atoms with Crippen LogP contribution in [-0.4, -0.2) is 19.5 Å². The molecular weight excluding hydrogens is 289 g/mol. The Kier molecular flexibility index (Phi) is 5.47. The highest BCUT2D eigenvalue weighted by molar-refractivity contribution is 7.89. The summed E-state index contributed by atoms with van der Waals surface area (Å²) in [6.07, 6.45) is 2.05. The van der Waals surface area contributed by atoms with Crippen LogP contribution in [0.15, 0.2) is 65.6 Å². The predicted octanol–water partition coefficient (Wildman–Crippen LogP) is 3.58. The molecule has 2 aromatic rings. The zero-order chi connectivity index (χ0) is 15.1. The molecule has 0 bridgehead atoms. The Balaban J connectivity index is 1.83. The van der Waals surface area contributed by atoms with Crippen LogP contribution in [0.3, 0.4) is 0 Å². The number of hydrogen-bond donors (Lipinski definition) is 0. The maximum Gasteiger partial charge on any atom is 0.269 e. The van der Waals surface area contributed by atoms with Gasteiger partial charge in [-0.1, -0.05) is 48.5 Å². The second kappa shape index (κ2) is 7.33. The first-order chi connectivity index (χ1) is 10.1. The lowest BCUT2D eigenvalue weighted by Crippen LogP contribution is -2.24. The number of hydrogen-bond acceptors (Lipinski definition) is 2. The van der Waals surface area contributed by atoms with Crippen LogP contribution in [-0.2, 0) is 16.4 Å². The van der Waals surface area contributed by atoms with Gasteiger partial charge in [0.25, 0.3) is 10.0 Å². The van der Waals surface area contributed by atoms with Crippen molar-refractivity contribution in [2.24, 2.45) is 0 Å². The lowest BCUT2D eigenvalue weighted by molar-refractivity contribution is 0.136. The van der Waals surface area contributed by atoms with E-state index in [4.69, 9.17) is 0 Å². The van der Waals surface area contributed by atoms with Crippen LogP contribution in [0.25, 0.3) is 0 Å². The smallest absolute Gasteiger partial charge is 0.205 e. The van der Waals surface area contributed by atoms with Gasteiger partial charge in [-0.2, -0.15) is 0 Å². The molecule has 0 unspecified atom stereocenters. The molecule has 5 heteroatoms. The predicted molar refractivity (Wildman–Crippen MR) is 80.8 cm³/mol. The first kappa shape index (κ1) is 15.7. The minimum absolute atomic E-state index is 0.0180. The van der Waals surface area contributed by atoms with Crippen molar-refractivity contribution in [1.29, 1.82) is 0 Å². The number of nitrogens with zero attached hydrogens (tertiary/aromatic N) is 1. The number of halogens is 1. The van der Waals surface area contributed by atoms with Crippen molar-refractivity contribution in [3.8, 4) is 0 Å². The van der Waals surface area contributed by atoms with Gasteiger partial charge in [0.05, 0.1) is 4.90 Å². The molecule has 0 amide bonds. The van der Waals surface area contributed by atoms with Crippen LogP contribution in [0.4, 0.5) is 4.48 Å². The van der Waals surface area contributed by atoms with Crippen molar-refractivity contribution in [2.45, 2.75) is 24.2 Å². The molecule has 0 fully saturated rings. The summed E-state index contributed by atoms with van der Waals surface area (Å²) in [5.41, 5.74) is 1.17. The Labute approximate surface area is 125 Å². The second-order valence-corrected chi connectivity index (χ2v) is 6.59. The lowest BCUT2D eigenvalue weighted by Gasteiger charge is -2.12. The standard InChI is InChI=1S/C16H18FNO2S/c17-18(21(19,20)16-12-5-2-6-13-16)14-8-7-11-15-9-3-1-4-10-15/h1-6,9-10,12-13H,7-8,11,14H2. The van der Waals surface area contributed by atoms with Crippen molar-refractivity contribution in [3.05, 3.63) is 66.2 Å². The molecular formula is C16H18FNO2S. The van der Waals surface area contributed by atoms with Crippen LogP contribution >= 0.6 is 0 Å². The number of sulfonamides is 1. The fourth-order valence-corrected chi connectivity index (χ4v) is 3.14. The molecule has 0 spiro atoms. The van der Waals surface area contributed by atoms with E-state index in [1.54, 1.807) is 18.2 Å². The van der Waals surface area contributed by atoms with E-state index in [2.05, 4.69) is 0 Å². The Hall–Kier alpha value is -1.72. The monoisotopic (exact) mass is 307 g/mol. The lowest BCUT2D eigenvalue weighted by atomic mass is 10.1. The van der Waals surface area contributed by atoms with Gasteiger partial charge in [-0.3, -0.25) is 0 Å². The van der Waals surface area contributed by atoms with Crippen LogP contribution in [0, 0.1) is 0 Å².